The van der Waals surface area contributed by atoms with Crippen molar-refractivity contribution in [3.8, 4) is 5.75 Å². The fraction of sp³-hybridized carbons (Fsp3) is 0.605. The maximum atomic E-state index is 14.0. The van der Waals surface area contributed by atoms with Crippen LogP contribution in [-0.4, -0.2) is 219 Å². The van der Waals surface area contributed by atoms with Crippen LogP contribution in [0.25, 0.3) is 0 Å². The van der Waals surface area contributed by atoms with Crippen LogP contribution >= 0.6 is 11.6 Å². The second-order valence-electron chi connectivity index (χ2n) is 27.2. The number of ketones is 1. The van der Waals surface area contributed by atoms with Gasteiger partial charge in [-0.2, -0.15) is 0 Å². The molecule has 0 radical (unpaired) electrons. The van der Waals surface area contributed by atoms with Crippen molar-refractivity contribution in [2.45, 2.75) is 150 Å². The number of Topliss-reactive ketones (excluding diaryl/α,β-unsaturated/α-hetero) is 1. The molecular weight excluding hydrogens is 1400 g/mol. The lowest BCUT2D eigenvalue weighted by molar-refractivity contribution is -0.179. The number of amides is 6. The van der Waals surface area contributed by atoms with Gasteiger partial charge in [-0.1, -0.05) is 94.8 Å². The van der Waals surface area contributed by atoms with Gasteiger partial charge in [-0.25, -0.2) is 9.59 Å². The van der Waals surface area contributed by atoms with Gasteiger partial charge in [0.05, 0.1) is 122 Å². The summed E-state index contributed by atoms with van der Waals surface area (Å²) in [5, 5.41) is 23.4. The summed E-state index contributed by atoms with van der Waals surface area (Å²) in [7, 11) is 3.10. The van der Waals surface area contributed by atoms with E-state index in [0.29, 0.717) is 93.7 Å². The van der Waals surface area contributed by atoms with E-state index < -0.39 is 101 Å². The van der Waals surface area contributed by atoms with Gasteiger partial charge in [0.1, 0.15) is 42.4 Å². The molecule has 29 nitrogen and oxygen atoms in total. The van der Waals surface area contributed by atoms with E-state index >= 15 is 0 Å². The zero-order valence-corrected chi connectivity index (χ0v) is 63.5. The molecule has 6 N–H and O–H groups in total. The Labute approximate surface area is 626 Å². The lowest BCUT2D eigenvalue weighted by atomic mass is 9.89. The van der Waals surface area contributed by atoms with Crippen LogP contribution in [0.1, 0.15) is 122 Å². The van der Waals surface area contributed by atoms with Gasteiger partial charge in [0, 0.05) is 76.5 Å². The molecule has 2 aliphatic heterocycles. The summed E-state index contributed by atoms with van der Waals surface area (Å²) in [6.07, 6.45) is -1.11. The highest BCUT2D eigenvalue weighted by molar-refractivity contribution is 6.32. The number of rotatable bonds is 46. The third-order valence-corrected chi connectivity index (χ3v) is 17.6. The van der Waals surface area contributed by atoms with Gasteiger partial charge < -0.3 is 93.4 Å². The van der Waals surface area contributed by atoms with E-state index in [1.165, 1.54) is 25.0 Å². The largest absolute Gasteiger partial charge is 0.495 e. The minimum absolute atomic E-state index is 0.0495. The second-order valence-corrected chi connectivity index (χ2v) is 27.6. The summed E-state index contributed by atoms with van der Waals surface area (Å²) in [6.45, 7) is 18.5. The Morgan fingerprint density at radius 2 is 1.29 bits per heavy atom. The number of alkyl carbamates (subject to hydrolysis) is 1. The average Bonchev–Trinajstić information content (AvgIpc) is 1.62. The molecule has 2 aliphatic rings. The predicted octanol–water partition coefficient (Wildman–Crippen LogP) is 7.05. The van der Waals surface area contributed by atoms with Gasteiger partial charge in [0.25, 0.3) is 0 Å². The molecule has 30 heteroatoms. The molecule has 1 saturated heterocycles. The van der Waals surface area contributed by atoms with Crippen molar-refractivity contribution in [3.63, 3.8) is 0 Å². The highest BCUT2D eigenvalue weighted by Crippen LogP contribution is 2.45. The van der Waals surface area contributed by atoms with Gasteiger partial charge in [-0.05, 0) is 91.6 Å². The van der Waals surface area contributed by atoms with Gasteiger partial charge in [-0.3, -0.25) is 38.4 Å². The minimum atomic E-state index is -1.29. The summed E-state index contributed by atoms with van der Waals surface area (Å²) < 4.78 is 66.6. The van der Waals surface area contributed by atoms with E-state index in [0.717, 1.165) is 11.1 Å². The monoisotopic (exact) mass is 1510 g/mol. The number of nitrogens with one attached hydrogen (secondary N) is 5. The average molecular weight is 1510 g/mol. The maximum Gasteiger partial charge on any atom is 0.407 e. The summed E-state index contributed by atoms with van der Waals surface area (Å²) in [5.41, 5.74) is 1.96. The Bertz CT molecular complexity index is 3300. The first-order valence-corrected chi connectivity index (χ1v) is 36.4. The van der Waals surface area contributed by atoms with Crippen LogP contribution in [-0.2, 0) is 115 Å². The molecule has 0 unspecified atom stereocenters. The zero-order valence-electron chi connectivity index (χ0n) is 62.7. The fourth-order valence-electron chi connectivity index (χ4n) is 10.8. The smallest absolute Gasteiger partial charge is 0.407 e. The van der Waals surface area contributed by atoms with Crippen LogP contribution < -0.4 is 31.3 Å². The highest BCUT2D eigenvalue weighted by Gasteiger charge is 2.48. The van der Waals surface area contributed by atoms with E-state index in [1.807, 2.05) is 45.0 Å². The van der Waals surface area contributed by atoms with Crippen LogP contribution in [0.15, 0.2) is 78.9 Å². The second kappa shape index (κ2) is 47.5. The molecule has 1 fully saturated rings. The molecule has 106 heavy (non-hydrogen) atoms. The van der Waals surface area contributed by atoms with Crippen molar-refractivity contribution in [2.75, 3.05) is 125 Å². The van der Waals surface area contributed by atoms with Crippen molar-refractivity contribution in [1.29, 1.82) is 0 Å². The van der Waals surface area contributed by atoms with E-state index in [1.54, 1.807) is 83.3 Å². The first-order valence-electron chi connectivity index (χ1n) is 36.0. The van der Waals surface area contributed by atoms with Crippen molar-refractivity contribution in [3.05, 3.63) is 106 Å². The number of hydrogen-bond donors (Lipinski definition) is 6. The number of ether oxygens (including phenoxy) is 12. The summed E-state index contributed by atoms with van der Waals surface area (Å²) in [5.74, 6) is -6.64. The number of carboxylic acids is 1. The van der Waals surface area contributed by atoms with Crippen LogP contribution in [0, 0.1) is 29.1 Å². The van der Waals surface area contributed by atoms with Crippen LogP contribution in [0.4, 0.5) is 10.5 Å². The Morgan fingerprint density at radius 3 is 1.87 bits per heavy atom. The predicted molar refractivity (Wildman–Crippen MR) is 389 cm³/mol. The summed E-state index contributed by atoms with van der Waals surface area (Å²) in [6, 6.07) is 16.9. The number of anilines is 1. The fourth-order valence-corrected chi connectivity index (χ4v) is 11.1. The van der Waals surface area contributed by atoms with Gasteiger partial charge in [-0.15, -0.1) is 0 Å². The molecule has 0 aromatic heterocycles. The maximum absolute atomic E-state index is 14.0. The Balaban J connectivity index is 1.02. The van der Waals surface area contributed by atoms with Gasteiger partial charge >= 0.3 is 24.0 Å². The summed E-state index contributed by atoms with van der Waals surface area (Å²) >= 11 is 6.39. The zero-order chi connectivity index (χ0) is 77.6. The molecule has 3 aromatic rings. The molecular formula is C76H109ClN6O23. The van der Waals surface area contributed by atoms with Crippen LogP contribution in [0.5, 0.6) is 5.75 Å². The third-order valence-electron chi connectivity index (χ3n) is 17.3. The number of nitrogens with zero attached hydrogens (tertiary/aromatic N) is 1. The number of carboxylic acid groups (broad SMARTS) is 1. The molecule has 5 rings (SSSR count). The van der Waals surface area contributed by atoms with E-state index in [-0.39, 0.29) is 121 Å². The highest BCUT2D eigenvalue weighted by atomic mass is 35.5. The van der Waals surface area contributed by atoms with Gasteiger partial charge in [0.15, 0.2) is 6.10 Å². The van der Waals surface area contributed by atoms with E-state index in [9.17, 15) is 53.1 Å². The van der Waals surface area contributed by atoms with Crippen LogP contribution in [0.2, 0.25) is 5.02 Å². The molecule has 0 bridgehead atoms. The van der Waals surface area contributed by atoms with Crippen molar-refractivity contribution in [2.24, 2.45) is 29.1 Å². The van der Waals surface area contributed by atoms with Gasteiger partial charge in [0.2, 0.25) is 29.5 Å². The molecule has 0 saturated carbocycles. The number of methoxy groups -OCH3 is 2. The number of esters is 2. The molecule has 8 atom stereocenters. The number of aliphatic carboxylic acids is 1. The molecule has 3 aromatic carbocycles. The molecule has 588 valence electrons. The number of benzene rings is 3. The number of halogens is 1. The molecule has 0 aliphatic carbocycles. The molecule has 2 heterocycles. The lowest BCUT2D eigenvalue weighted by Gasteiger charge is -2.29. The Morgan fingerprint density at radius 1 is 0.708 bits per heavy atom. The number of carbonyl (C=O) groups is 10. The summed E-state index contributed by atoms with van der Waals surface area (Å²) in [4.78, 5) is 134. The van der Waals surface area contributed by atoms with Crippen LogP contribution in [0.3, 0.4) is 0 Å². The first kappa shape index (κ1) is 88.5. The number of cyclic esters (lactones) is 2. The van der Waals surface area contributed by atoms with Crippen molar-refractivity contribution >= 4 is 76.6 Å². The molecule has 0 spiro atoms. The minimum Gasteiger partial charge on any atom is -0.495 e. The van der Waals surface area contributed by atoms with E-state index in [4.69, 9.17) is 68.4 Å². The standard InChI is InChI=1S/C76H109ClN6O23/c1-49(2)42-64-73(92)104-62(12-11-13-65(85)82-61(44-55-18-23-63(96-10)60(77)43-55)72(91)79-48-76(7,8)74(93)105-64)51(5)68-69(106-68)56-19-14-53(15-20-56)46-78-75(94)103-47-54-16-21-57(22-17-54)81-70(89)52(6)80-71(90)59(50(3)4)45-58(84)24-27-83(28-25-67(87)88)66(86)26-29-97-32-33-99-36-37-101-40-41-102-39-38-100-35-34-98-31-30-95-9/h11,13-23,43,49-52,59,61-62,64,68-69H,12,24-42,44-48H2,1-10H3,(H,78,94)(H,79,91)(H,80,90)(H,81,89)(H,82,85)(H,87,88)/b13-11+/t51-,52-,59-,61+,62-,64-,68+,69+/m0/s1. The SMILES string of the molecule is COCCOCCOCCOCCOCCOCCOCCC(=O)N(CCC(=O)O)CCC(=O)C[C@H](C(=O)N[C@@H](C)C(=O)Nc1ccc(COC(=O)NCc2ccc([C@H]3O[C@@H]3[C@@H](C)[C@@H]3C/C=C/C(=O)N[C@H](Cc4ccc(OC)c(Cl)c4)C(=O)NCC(C)(C)C(=O)O[C@@H](CC(C)C)C(=O)O3)cc2)cc1)C(C)C. The first-order chi connectivity index (χ1) is 50.7. The lowest BCUT2D eigenvalue weighted by Crippen LogP contribution is -2.51. The molecule has 6 amide bonds. The quantitative estimate of drug-likeness (QED) is 0.0143. The third kappa shape index (κ3) is 33.3. The van der Waals surface area contributed by atoms with Crippen molar-refractivity contribution < 1.29 is 110 Å². The normalized spacial score (nSPS) is 18.8. The number of hydrogen-bond acceptors (Lipinski definition) is 22. The number of epoxide rings is 1. The number of carbonyl (C=O) groups excluding carboxylic acids is 9. The Hall–Kier alpha value is -8.13. The Kier molecular flexibility index (Phi) is 39.7. The van der Waals surface area contributed by atoms with Crippen molar-refractivity contribution in [1.82, 2.24) is 26.2 Å². The van der Waals surface area contributed by atoms with E-state index in [2.05, 4.69) is 26.6 Å². The topological polar surface area (TPSA) is 368 Å².